The minimum Gasteiger partial charge on any atom is -0.481 e. The summed E-state index contributed by atoms with van der Waals surface area (Å²) in [5.74, 6) is -0.151. The second kappa shape index (κ2) is 6.78. The van der Waals surface area contributed by atoms with Gasteiger partial charge in [-0.15, -0.1) is 0 Å². The first-order valence-electron chi connectivity index (χ1n) is 5.96. The van der Waals surface area contributed by atoms with E-state index in [4.69, 9.17) is 9.84 Å². The highest BCUT2D eigenvalue weighted by atomic mass is 16.5. The Kier molecular flexibility index (Phi) is 5.35. The Labute approximate surface area is 106 Å². The van der Waals surface area contributed by atoms with Gasteiger partial charge in [-0.05, 0) is 12.8 Å². The van der Waals surface area contributed by atoms with Gasteiger partial charge in [0.05, 0.1) is 12.5 Å². The van der Waals surface area contributed by atoms with E-state index in [2.05, 4.69) is 15.3 Å². The van der Waals surface area contributed by atoms with E-state index in [-0.39, 0.29) is 5.92 Å². The predicted octanol–water partition coefficient (Wildman–Crippen LogP) is 1.64. The van der Waals surface area contributed by atoms with Crippen molar-refractivity contribution in [3.8, 4) is 5.88 Å². The van der Waals surface area contributed by atoms with E-state index in [0.29, 0.717) is 24.8 Å². The maximum atomic E-state index is 11.0. The molecule has 100 valence electrons. The van der Waals surface area contributed by atoms with Gasteiger partial charge in [-0.1, -0.05) is 13.8 Å². The molecule has 1 unspecified atom stereocenters. The SMILES string of the molecule is CCOc1cc(NCC(C(=O)O)C(C)C)ncn1. The number of ether oxygens (including phenoxy) is 1. The highest BCUT2D eigenvalue weighted by Gasteiger charge is 2.21. The van der Waals surface area contributed by atoms with Crippen LogP contribution in [0.2, 0.25) is 0 Å². The summed E-state index contributed by atoms with van der Waals surface area (Å²) in [7, 11) is 0. The quantitative estimate of drug-likeness (QED) is 0.768. The Hall–Kier alpha value is -1.85. The molecule has 0 aliphatic carbocycles. The predicted molar refractivity (Wildman–Crippen MR) is 67.7 cm³/mol. The maximum absolute atomic E-state index is 11.0. The van der Waals surface area contributed by atoms with E-state index < -0.39 is 11.9 Å². The number of nitrogens with zero attached hydrogens (tertiary/aromatic N) is 2. The van der Waals surface area contributed by atoms with E-state index in [1.54, 1.807) is 6.07 Å². The zero-order valence-electron chi connectivity index (χ0n) is 10.9. The number of hydrogen-bond acceptors (Lipinski definition) is 5. The molecule has 1 rings (SSSR count). The van der Waals surface area contributed by atoms with E-state index in [1.165, 1.54) is 6.33 Å². The molecule has 0 aliphatic heterocycles. The lowest BCUT2D eigenvalue weighted by atomic mass is 9.96. The van der Waals surface area contributed by atoms with Gasteiger partial charge in [0.15, 0.2) is 0 Å². The van der Waals surface area contributed by atoms with Crippen molar-refractivity contribution in [3.05, 3.63) is 12.4 Å². The average molecular weight is 253 g/mol. The van der Waals surface area contributed by atoms with Crippen molar-refractivity contribution < 1.29 is 14.6 Å². The molecule has 0 aromatic carbocycles. The fourth-order valence-corrected chi connectivity index (χ4v) is 1.49. The average Bonchev–Trinajstić information content (AvgIpc) is 2.29. The van der Waals surface area contributed by atoms with Crippen LogP contribution in [0, 0.1) is 11.8 Å². The summed E-state index contributed by atoms with van der Waals surface area (Å²) < 4.78 is 5.24. The third-order valence-electron chi connectivity index (χ3n) is 2.56. The summed E-state index contributed by atoms with van der Waals surface area (Å²) in [6.07, 6.45) is 1.39. The molecule has 18 heavy (non-hydrogen) atoms. The lowest BCUT2D eigenvalue weighted by Gasteiger charge is -2.17. The summed E-state index contributed by atoms with van der Waals surface area (Å²) in [5.41, 5.74) is 0. The van der Waals surface area contributed by atoms with E-state index in [9.17, 15) is 4.79 Å². The lowest BCUT2D eigenvalue weighted by Crippen LogP contribution is -2.27. The van der Waals surface area contributed by atoms with Crippen molar-refractivity contribution in [2.75, 3.05) is 18.5 Å². The van der Waals surface area contributed by atoms with E-state index >= 15 is 0 Å². The van der Waals surface area contributed by atoms with Gasteiger partial charge >= 0.3 is 5.97 Å². The van der Waals surface area contributed by atoms with Crippen molar-refractivity contribution in [3.63, 3.8) is 0 Å². The molecule has 0 spiro atoms. The molecule has 1 atom stereocenters. The number of carboxylic acids is 1. The molecule has 0 radical (unpaired) electrons. The Bertz CT molecular complexity index is 396. The molecule has 1 aromatic heterocycles. The summed E-state index contributed by atoms with van der Waals surface area (Å²) in [6.45, 7) is 6.49. The van der Waals surface area contributed by atoms with Gasteiger partial charge in [-0.3, -0.25) is 4.79 Å². The van der Waals surface area contributed by atoms with Crippen molar-refractivity contribution in [1.29, 1.82) is 0 Å². The van der Waals surface area contributed by atoms with Crippen LogP contribution in [0.15, 0.2) is 12.4 Å². The molecule has 1 aromatic rings. The molecule has 0 fully saturated rings. The van der Waals surface area contributed by atoms with E-state index in [0.717, 1.165) is 0 Å². The van der Waals surface area contributed by atoms with Crippen molar-refractivity contribution in [2.24, 2.45) is 11.8 Å². The number of aromatic nitrogens is 2. The molecule has 0 amide bonds. The molecule has 1 heterocycles. The highest BCUT2D eigenvalue weighted by molar-refractivity contribution is 5.71. The van der Waals surface area contributed by atoms with Crippen LogP contribution < -0.4 is 10.1 Å². The Balaban J connectivity index is 2.61. The van der Waals surface area contributed by atoms with Gasteiger partial charge in [0.2, 0.25) is 5.88 Å². The van der Waals surface area contributed by atoms with Crippen LogP contribution >= 0.6 is 0 Å². The van der Waals surface area contributed by atoms with Crippen LogP contribution in [0.3, 0.4) is 0 Å². The van der Waals surface area contributed by atoms with Crippen LogP contribution in [0.4, 0.5) is 5.82 Å². The molecule has 6 nitrogen and oxygen atoms in total. The van der Waals surface area contributed by atoms with Gasteiger partial charge in [0.1, 0.15) is 12.1 Å². The number of carboxylic acid groups (broad SMARTS) is 1. The highest BCUT2D eigenvalue weighted by Crippen LogP contribution is 2.14. The van der Waals surface area contributed by atoms with Crippen molar-refractivity contribution in [2.45, 2.75) is 20.8 Å². The van der Waals surface area contributed by atoms with Crippen LogP contribution in [0.5, 0.6) is 5.88 Å². The number of aliphatic carboxylic acids is 1. The van der Waals surface area contributed by atoms with Crippen LogP contribution in [-0.2, 0) is 4.79 Å². The second-order valence-corrected chi connectivity index (χ2v) is 4.24. The number of anilines is 1. The normalized spacial score (nSPS) is 12.2. The zero-order valence-corrected chi connectivity index (χ0v) is 10.9. The van der Waals surface area contributed by atoms with Crippen LogP contribution in [0.1, 0.15) is 20.8 Å². The molecule has 0 saturated carbocycles. The second-order valence-electron chi connectivity index (χ2n) is 4.24. The molecular formula is C12H19N3O3. The Morgan fingerprint density at radius 1 is 1.50 bits per heavy atom. The standard InChI is InChI=1S/C12H19N3O3/c1-4-18-11-5-10(14-7-15-11)13-6-9(8(2)3)12(16)17/h5,7-9H,4,6H2,1-3H3,(H,16,17)(H,13,14,15). The van der Waals surface area contributed by atoms with E-state index in [1.807, 2.05) is 20.8 Å². The first-order valence-corrected chi connectivity index (χ1v) is 5.96. The monoisotopic (exact) mass is 253 g/mol. The summed E-state index contributed by atoms with van der Waals surface area (Å²) in [5, 5.41) is 12.1. The summed E-state index contributed by atoms with van der Waals surface area (Å²) in [4.78, 5) is 19.0. The van der Waals surface area contributed by atoms with Gasteiger partial charge in [-0.2, -0.15) is 0 Å². The fraction of sp³-hybridized carbons (Fsp3) is 0.583. The van der Waals surface area contributed by atoms with Crippen molar-refractivity contribution >= 4 is 11.8 Å². The van der Waals surface area contributed by atoms with Gasteiger partial charge < -0.3 is 15.2 Å². The largest absolute Gasteiger partial charge is 0.481 e. The lowest BCUT2D eigenvalue weighted by molar-refractivity contribution is -0.142. The fourth-order valence-electron chi connectivity index (χ4n) is 1.49. The van der Waals surface area contributed by atoms with Gasteiger partial charge in [0, 0.05) is 12.6 Å². The summed E-state index contributed by atoms with van der Waals surface area (Å²) >= 11 is 0. The minimum absolute atomic E-state index is 0.0585. The third-order valence-corrected chi connectivity index (χ3v) is 2.56. The first kappa shape index (κ1) is 14.2. The number of nitrogens with one attached hydrogen (secondary N) is 1. The molecule has 0 bridgehead atoms. The number of rotatable bonds is 7. The van der Waals surface area contributed by atoms with Gasteiger partial charge in [0.25, 0.3) is 0 Å². The smallest absolute Gasteiger partial charge is 0.308 e. The Morgan fingerprint density at radius 3 is 2.78 bits per heavy atom. The number of carbonyl (C=O) groups is 1. The zero-order chi connectivity index (χ0) is 13.5. The number of hydrogen-bond donors (Lipinski definition) is 2. The molecule has 2 N–H and O–H groups in total. The molecular weight excluding hydrogens is 234 g/mol. The molecule has 0 saturated heterocycles. The molecule has 0 aliphatic rings. The minimum atomic E-state index is -0.809. The third kappa shape index (κ3) is 4.20. The van der Waals surface area contributed by atoms with Crippen molar-refractivity contribution in [1.82, 2.24) is 9.97 Å². The first-order chi connectivity index (χ1) is 8.54. The van der Waals surface area contributed by atoms with Gasteiger partial charge in [-0.25, -0.2) is 9.97 Å². The topological polar surface area (TPSA) is 84.3 Å². The van der Waals surface area contributed by atoms with Crippen LogP contribution in [0.25, 0.3) is 0 Å². The van der Waals surface area contributed by atoms with Crippen LogP contribution in [-0.4, -0.2) is 34.2 Å². The maximum Gasteiger partial charge on any atom is 0.308 e. The Morgan fingerprint density at radius 2 is 2.22 bits per heavy atom. The summed E-state index contributed by atoms with van der Waals surface area (Å²) in [6, 6.07) is 1.66. The molecule has 6 heteroatoms.